The Labute approximate surface area is 126 Å². The van der Waals surface area contributed by atoms with Gasteiger partial charge >= 0.3 is 29.6 Å². The van der Waals surface area contributed by atoms with E-state index in [1.807, 2.05) is 17.5 Å². The number of para-hydroxylation sites is 1. The van der Waals surface area contributed by atoms with Crippen molar-refractivity contribution in [1.29, 1.82) is 0 Å². The molecule has 7 heteroatoms. The van der Waals surface area contributed by atoms with Gasteiger partial charge in [-0.15, -0.1) is 11.3 Å². The van der Waals surface area contributed by atoms with Crippen molar-refractivity contribution in [3.05, 3.63) is 35.7 Å². The molecular formula is C10H8NNaO3S2. The maximum atomic E-state index is 10.9. The first-order valence-corrected chi connectivity index (χ1v) is 6.67. The van der Waals surface area contributed by atoms with E-state index in [2.05, 4.69) is 0 Å². The standard InChI is InChI=1S/C10H9NO3S2.Na/c11-10-7(8-4-2-6-15-8)3-1-5-9(10)16(12,13)14;/h1-6H,11H2,(H,12,13,14);/q;+1/p-1. The van der Waals surface area contributed by atoms with Crippen LogP contribution in [0.4, 0.5) is 5.69 Å². The molecule has 0 aliphatic heterocycles. The van der Waals surface area contributed by atoms with Crippen LogP contribution >= 0.6 is 11.3 Å². The van der Waals surface area contributed by atoms with Crippen LogP contribution in [0.1, 0.15) is 0 Å². The molecule has 0 bridgehead atoms. The predicted molar refractivity (Wildman–Crippen MR) is 62.1 cm³/mol. The first-order chi connectivity index (χ1) is 7.50. The number of thiophene rings is 1. The Hall–Kier alpha value is -0.370. The van der Waals surface area contributed by atoms with Crippen molar-refractivity contribution in [2.45, 2.75) is 4.90 Å². The minimum atomic E-state index is -4.52. The van der Waals surface area contributed by atoms with Gasteiger partial charge < -0.3 is 10.3 Å². The molecule has 0 fully saturated rings. The van der Waals surface area contributed by atoms with Crippen LogP contribution in [-0.4, -0.2) is 13.0 Å². The Morgan fingerprint density at radius 1 is 1.18 bits per heavy atom. The van der Waals surface area contributed by atoms with E-state index in [4.69, 9.17) is 5.73 Å². The Balaban J connectivity index is 0.00000144. The van der Waals surface area contributed by atoms with Crippen molar-refractivity contribution in [3.8, 4) is 10.4 Å². The van der Waals surface area contributed by atoms with Crippen LogP contribution in [0.5, 0.6) is 0 Å². The predicted octanol–water partition coefficient (Wildman–Crippen LogP) is -1.09. The van der Waals surface area contributed by atoms with Gasteiger partial charge in [-0.25, -0.2) is 8.42 Å². The zero-order valence-electron chi connectivity index (χ0n) is 9.08. The van der Waals surface area contributed by atoms with Gasteiger partial charge in [0.2, 0.25) is 0 Å². The summed E-state index contributed by atoms with van der Waals surface area (Å²) in [6.07, 6.45) is 0. The van der Waals surface area contributed by atoms with E-state index < -0.39 is 10.1 Å². The summed E-state index contributed by atoms with van der Waals surface area (Å²) < 4.78 is 32.8. The van der Waals surface area contributed by atoms with E-state index in [9.17, 15) is 13.0 Å². The maximum absolute atomic E-state index is 10.9. The van der Waals surface area contributed by atoms with Gasteiger partial charge in [0.05, 0.1) is 10.6 Å². The monoisotopic (exact) mass is 277 g/mol. The van der Waals surface area contributed by atoms with Crippen LogP contribution in [0.3, 0.4) is 0 Å². The van der Waals surface area contributed by atoms with Crippen molar-refractivity contribution in [1.82, 2.24) is 0 Å². The van der Waals surface area contributed by atoms with Gasteiger partial charge in [-0.05, 0) is 17.5 Å². The molecule has 0 unspecified atom stereocenters. The molecule has 2 aromatic rings. The van der Waals surface area contributed by atoms with E-state index in [1.54, 1.807) is 6.07 Å². The van der Waals surface area contributed by atoms with E-state index >= 15 is 0 Å². The minimum absolute atomic E-state index is 0. The van der Waals surface area contributed by atoms with Crippen LogP contribution in [0.25, 0.3) is 10.4 Å². The van der Waals surface area contributed by atoms with Crippen LogP contribution in [0.15, 0.2) is 40.6 Å². The van der Waals surface area contributed by atoms with Gasteiger partial charge in [-0.1, -0.05) is 18.2 Å². The first-order valence-electron chi connectivity index (χ1n) is 4.38. The molecule has 17 heavy (non-hydrogen) atoms. The van der Waals surface area contributed by atoms with E-state index in [0.29, 0.717) is 5.56 Å². The van der Waals surface area contributed by atoms with Gasteiger partial charge in [0, 0.05) is 10.4 Å². The maximum Gasteiger partial charge on any atom is 1.00 e. The molecule has 1 aromatic carbocycles. The second-order valence-corrected chi connectivity index (χ2v) is 5.44. The summed E-state index contributed by atoms with van der Waals surface area (Å²) in [6, 6.07) is 8.07. The topological polar surface area (TPSA) is 83.2 Å². The van der Waals surface area contributed by atoms with E-state index in [1.165, 1.54) is 23.5 Å². The molecule has 0 aliphatic carbocycles. The molecule has 4 nitrogen and oxygen atoms in total. The van der Waals surface area contributed by atoms with Crippen LogP contribution in [-0.2, 0) is 10.1 Å². The molecule has 0 spiro atoms. The van der Waals surface area contributed by atoms with Gasteiger partial charge in [0.15, 0.2) is 0 Å². The Bertz CT molecular complexity index is 608. The summed E-state index contributed by atoms with van der Waals surface area (Å²) in [5, 5.41) is 1.85. The van der Waals surface area contributed by atoms with Crippen LogP contribution in [0.2, 0.25) is 0 Å². The number of nitrogens with two attached hydrogens (primary N) is 1. The van der Waals surface area contributed by atoms with Crippen molar-refractivity contribution in [2.75, 3.05) is 5.73 Å². The molecule has 2 rings (SSSR count). The summed E-state index contributed by atoms with van der Waals surface area (Å²) >= 11 is 1.43. The number of hydrogen-bond acceptors (Lipinski definition) is 5. The molecule has 0 amide bonds. The largest absolute Gasteiger partial charge is 1.00 e. The molecule has 1 heterocycles. The van der Waals surface area contributed by atoms with Crippen molar-refractivity contribution >= 4 is 27.1 Å². The molecule has 0 radical (unpaired) electrons. The third-order valence-electron chi connectivity index (χ3n) is 2.12. The van der Waals surface area contributed by atoms with Crippen molar-refractivity contribution in [2.24, 2.45) is 0 Å². The fourth-order valence-corrected chi connectivity index (χ4v) is 2.80. The second-order valence-electron chi connectivity index (χ2n) is 3.15. The third-order valence-corrected chi connectivity index (χ3v) is 3.92. The molecule has 1 aromatic heterocycles. The summed E-state index contributed by atoms with van der Waals surface area (Å²) in [4.78, 5) is 0.474. The SMILES string of the molecule is Nc1c(-c2cccs2)cccc1S(=O)(=O)[O-].[Na+]. The molecule has 0 saturated carbocycles. The average molecular weight is 277 g/mol. The van der Waals surface area contributed by atoms with E-state index in [-0.39, 0.29) is 40.1 Å². The first kappa shape index (κ1) is 14.7. The number of benzene rings is 1. The van der Waals surface area contributed by atoms with E-state index in [0.717, 1.165) is 4.88 Å². The molecule has 0 saturated heterocycles. The van der Waals surface area contributed by atoms with Crippen LogP contribution in [0, 0.1) is 0 Å². The molecule has 84 valence electrons. The summed E-state index contributed by atoms with van der Waals surface area (Å²) in [5.74, 6) is 0. The second kappa shape index (κ2) is 5.51. The number of anilines is 1. The zero-order chi connectivity index (χ0) is 11.8. The quantitative estimate of drug-likeness (QED) is 0.429. The van der Waals surface area contributed by atoms with Gasteiger partial charge in [-0.3, -0.25) is 0 Å². The third kappa shape index (κ3) is 3.09. The smallest absolute Gasteiger partial charge is 0.744 e. The summed E-state index contributed by atoms with van der Waals surface area (Å²) in [5.41, 5.74) is 6.28. The summed E-state index contributed by atoms with van der Waals surface area (Å²) in [6.45, 7) is 0. The van der Waals surface area contributed by atoms with Crippen molar-refractivity contribution in [3.63, 3.8) is 0 Å². The number of nitrogen functional groups attached to an aromatic ring is 1. The molecular weight excluding hydrogens is 269 g/mol. The fraction of sp³-hybridized carbons (Fsp3) is 0. The van der Waals surface area contributed by atoms with Gasteiger partial charge in [-0.2, -0.15) is 0 Å². The molecule has 0 atom stereocenters. The average Bonchev–Trinajstić information content (AvgIpc) is 2.69. The van der Waals surface area contributed by atoms with Gasteiger partial charge in [0.25, 0.3) is 0 Å². The normalized spacial score (nSPS) is 10.9. The number of hydrogen-bond donors (Lipinski definition) is 1. The minimum Gasteiger partial charge on any atom is -0.744 e. The Kier molecular flexibility index (Phi) is 4.77. The Morgan fingerprint density at radius 2 is 1.88 bits per heavy atom. The molecule has 2 N–H and O–H groups in total. The van der Waals surface area contributed by atoms with Crippen LogP contribution < -0.4 is 35.3 Å². The zero-order valence-corrected chi connectivity index (χ0v) is 12.7. The van der Waals surface area contributed by atoms with Crippen molar-refractivity contribution < 1.29 is 42.5 Å². The Morgan fingerprint density at radius 3 is 2.41 bits per heavy atom. The number of rotatable bonds is 2. The molecule has 0 aliphatic rings. The van der Waals surface area contributed by atoms with Gasteiger partial charge in [0.1, 0.15) is 10.1 Å². The summed E-state index contributed by atoms with van der Waals surface area (Å²) in [7, 11) is -4.52. The fourth-order valence-electron chi connectivity index (χ4n) is 1.41.